The van der Waals surface area contributed by atoms with Crippen LogP contribution < -0.4 is 5.32 Å². The van der Waals surface area contributed by atoms with Gasteiger partial charge in [-0.1, -0.05) is 6.07 Å². The first-order chi connectivity index (χ1) is 9.86. The highest BCUT2D eigenvalue weighted by Gasteiger charge is 2.30. The Morgan fingerprint density at radius 3 is 2.86 bits per heavy atom. The van der Waals surface area contributed by atoms with Crippen LogP contribution in [0.1, 0.15) is 12.0 Å². The molecule has 4 nitrogen and oxygen atoms in total. The van der Waals surface area contributed by atoms with Crippen LogP contribution >= 0.6 is 0 Å². The van der Waals surface area contributed by atoms with Crippen molar-refractivity contribution in [2.45, 2.75) is 12.6 Å². The number of ether oxygens (including phenoxy) is 1. The molecule has 0 bridgehead atoms. The molecule has 1 heterocycles. The molecule has 7 heteroatoms. The Bertz CT molecular complexity index is 499. The number of carbonyl (C=O) groups is 1. The SMILES string of the molecule is CN(CC1CCOC1)C(=O)Nc1cccc(C(F)(F)F)c1. The van der Waals surface area contributed by atoms with Crippen molar-refractivity contribution in [3.63, 3.8) is 0 Å². The first-order valence-electron chi connectivity index (χ1n) is 6.63. The van der Waals surface area contributed by atoms with Crippen molar-refractivity contribution in [3.05, 3.63) is 29.8 Å². The van der Waals surface area contributed by atoms with Crippen LogP contribution in [0.3, 0.4) is 0 Å². The van der Waals surface area contributed by atoms with Gasteiger partial charge in [-0.3, -0.25) is 0 Å². The normalized spacial score (nSPS) is 18.6. The van der Waals surface area contributed by atoms with Crippen molar-refractivity contribution < 1.29 is 22.7 Å². The summed E-state index contributed by atoms with van der Waals surface area (Å²) < 4.78 is 43.0. The van der Waals surface area contributed by atoms with Crippen LogP contribution in [-0.2, 0) is 10.9 Å². The molecule has 1 aromatic carbocycles. The number of urea groups is 1. The first-order valence-corrected chi connectivity index (χ1v) is 6.63. The zero-order valence-corrected chi connectivity index (χ0v) is 11.6. The summed E-state index contributed by atoms with van der Waals surface area (Å²) in [6.07, 6.45) is -3.53. The van der Waals surface area contributed by atoms with E-state index in [9.17, 15) is 18.0 Å². The van der Waals surface area contributed by atoms with Crippen molar-refractivity contribution in [2.75, 3.05) is 32.1 Å². The molecule has 0 aromatic heterocycles. The molecule has 21 heavy (non-hydrogen) atoms. The summed E-state index contributed by atoms with van der Waals surface area (Å²) in [6, 6.07) is 4.16. The van der Waals surface area contributed by atoms with Crippen LogP contribution in [0.2, 0.25) is 0 Å². The van der Waals surface area contributed by atoms with E-state index in [1.54, 1.807) is 7.05 Å². The maximum Gasteiger partial charge on any atom is 0.416 e. The van der Waals surface area contributed by atoms with E-state index in [0.717, 1.165) is 18.6 Å². The lowest BCUT2D eigenvalue weighted by molar-refractivity contribution is -0.137. The van der Waals surface area contributed by atoms with Crippen LogP contribution in [-0.4, -0.2) is 37.7 Å². The fraction of sp³-hybridized carbons (Fsp3) is 0.500. The average molecular weight is 302 g/mol. The van der Waals surface area contributed by atoms with E-state index in [-0.39, 0.29) is 11.6 Å². The molecule has 2 rings (SSSR count). The highest BCUT2D eigenvalue weighted by atomic mass is 19.4. The minimum atomic E-state index is -4.42. The van der Waals surface area contributed by atoms with E-state index < -0.39 is 17.8 Å². The molecule has 1 aliphatic rings. The molecule has 1 saturated heterocycles. The molecule has 116 valence electrons. The lowest BCUT2D eigenvalue weighted by Gasteiger charge is -2.21. The second kappa shape index (κ2) is 6.34. The summed E-state index contributed by atoms with van der Waals surface area (Å²) in [7, 11) is 1.61. The van der Waals surface area contributed by atoms with Crippen LogP contribution in [0, 0.1) is 5.92 Å². The third-order valence-electron chi connectivity index (χ3n) is 3.34. The van der Waals surface area contributed by atoms with Gasteiger partial charge in [-0.2, -0.15) is 13.2 Å². The highest BCUT2D eigenvalue weighted by Crippen LogP contribution is 2.30. The monoisotopic (exact) mass is 302 g/mol. The molecule has 0 saturated carbocycles. The van der Waals surface area contributed by atoms with Gasteiger partial charge >= 0.3 is 12.2 Å². The van der Waals surface area contributed by atoms with Gasteiger partial charge in [0.05, 0.1) is 12.2 Å². The lowest BCUT2D eigenvalue weighted by atomic mass is 10.1. The Balaban J connectivity index is 1.95. The number of benzene rings is 1. The minimum Gasteiger partial charge on any atom is -0.381 e. The topological polar surface area (TPSA) is 41.6 Å². The summed E-state index contributed by atoms with van der Waals surface area (Å²) in [5.41, 5.74) is -0.656. The lowest BCUT2D eigenvalue weighted by Crippen LogP contribution is -2.35. The van der Waals surface area contributed by atoms with Crippen molar-refractivity contribution in [3.8, 4) is 0 Å². The molecule has 0 aliphatic carbocycles. The fourth-order valence-electron chi connectivity index (χ4n) is 2.19. The number of anilines is 1. The fourth-order valence-corrected chi connectivity index (χ4v) is 2.19. The Labute approximate surface area is 120 Å². The number of nitrogens with zero attached hydrogens (tertiary/aromatic N) is 1. The molecule has 1 atom stereocenters. The van der Waals surface area contributed by atoms with E-state index in [2.05, 4.69) is 5.32 Å². The van der Waals surface area contributed by atoms with Gasteiger partial charge in [0, 0.05) is 31.8 Å². The Morgan fingerprint density at radius 2 is 2.24 bits per heavy atom. The van der Waals surface area contributed by atoms with Crippen LogP contribution in [0.4, 0.5) is 23.7 Å². The second-order valence-electron chi connectivity index (χ2n) is 5.12. The quantitative estimate of drug-likeness (QED) is 0.931. The average Bonchev–Trinajstić information content (AvgIpc) is 2.91. The Hall–Kier alpha value is -1.76. The number of nitrogens with one attached hydrogen (secondary N) is 1. The number of hydrogen-bond acceptors (Lipinski definition) is 2. The summed E-state index contributed by atoms with van der Waals surface area (Å²) in [5.74, 6) is 0.280. The van der Waals surface area contributed by atoms with Crippen LogP contribution in [0.25, 0.3) is 0 Å². The first kappa shape index (κ1) is 15.6. The maximum atomic E-state index is 12.6. The molecule has 0 radical (unpaired) electrons. The van der Waals surface area contributed by atoms with Crippen molar-refractivity contribution in [1.29, 1.82) is 0 Å². The predicted molar refractivity (Wildman–Crippen MR) is 72.0 cm³/mol. The van der Waals surface area contributed by atoms with Gasteiger partial charge in [0.25, 0.3) is 0 Å². The molecule has 1 aromatic rings. The van der Waals surface area contributed by atoms with Crippen LogP contribution in [0.15, 0.2) is 24.3 Å². The Kier molecular flexibility index (Phi) is 4.72. The molecule has 0 spiro atoms. The number of carbonyl (C=O) groups excluding carboxylic acids is 1. The molecular formula is C14H17F3N2O2. The zero-order chi connectivity index (χ0) is 15.5. The third-order valence-corrected chi connectivity index (χ3v) is 3.34. The summed E-state index contributed by atoms with van der Waals surface area (Å²) in [6.45, 7) is 1.82. The number of amides is 2. The minimum absolute atomic E-state index is 0.129. The molecule has 1 aliphatic heterocycles. The van der Waals surface area contributed by atoms with Gasteiger partial charge in [-0.05, 0) is 24.6 Å². The van der Waals surface area contributed by atoms with Gasteiger partial charge in [-0.25, -0.2) is 4.79 Å². The van der Waals surface area contributed by atoms with E-state index in [4.69, 9.17) is 4.74 Å². The summed E-state index contributed by atoms with van der Waals surface area (Å²) in [5, 5.41) is 2.47. The zero-order valence-electron chi connectivity index (χ0n) is 11.6. The Morgan fingerprint density at radius 1 is 1.48 bits per heavy atom. The molecule has 1 N–H and O–H groups in total. The number of rotatable bonds is 3. The number of hydrogen-bond donors (Lipinski definition) is 1. The van der Waals surface area contributed by atoms with E-state index >= 15 is 0 Å². The van der Waals surface area contributed by atoms with Crippen LogP contribution in [0.5, 0.6) is 0 Å². The second-order valence-corrected chi connectivity index (χ2v) is 5.12. The third kappa shape index (κ3) is 4.35. The number of alkyl halides is 3. The van der Waals surface area contributed by atoms with Gasteiger partial charge < -0.3 is 15.0 Å². The predicted octanol–water partition coefficient (Wildman–Crippen LogP) is 3.21. The van der Waals surface area contributed by atoms with Gasteiger partial charge in [0.2, 0.25) is 0 Å². The number of halogens is 3. The summed E-state index contributed by atoms with van der Waals surface area (Å²) >= 11 is 0. The van der Waals surface area contributed by atoms with Gasteiger partial charge in [-0.15, -0.1) is 0 Å². The maximum absolute atomic E-state index is 12.6. The van der Waals surface area contributed by atoms with Crippen molar-refractivity contribution in [1.82, 2.24) is 4.90 Å². The smallest absolute Gasteiger partial charge is 0.381 e. The largest absolute Gasteiger partial charge is 0.416 e. The molecule has 2 amide bonds. The van der Waals surface area contributed by atoms with Crippen molar-refractivity contribution >= 4 is 11.7 Å². The van der Waals surface area contributed by atoms with Crippen molar-refractivity contribution in [2.24, 2.45) is 5.92 Å². The standard InChI is InChI=1S/C14H17F3N2O2/c1-19(8-10-5-6-21-9-10)13(20)18-12-4-2-3-11(7-12)14(15,16)17/h2-4,7,10H,5-6,8-9H2,1H3,(H,18,20). The molecule has 1 unspecified atom stereocenters. The summed E-state index contributed by atoms with van der Waals surface area (Å²) in [4.78, 5) is 13.4. The molecule has 1 fully saturated rings. The molecular weight excluding hydrogens is 285 g/mol. The van der Waals surface area contributed by atoms with Gasteiger partial charge in [0.15, 0.2) is 0 Å². The van der Waals surface area contributed by atoms with E-state index in [0.29, 0.717) is 19.8 Å². The van der Waals surface area contributed by atoms with E-state index in [1.165, 1.54) is 17.0 Å². The highest BCUT2D eigenvalue weighted by molar-refractivity contribution is 5.89. The van der Waals surface area contributed by atoms with E-state index in [1.807, 2.05) is 0 Å². The van der Waals surface area contributed by atoms with Gasteiger partial charge in [0.1, 0.15) is 0 Å².